The van der Waals surface area contributed by atoms with Crippen LogP contribution in [0.5, 0.6) is 0 Å². The molecule has 0 atom stereocenters. The van der Waals surface area contributed by atoms with E-state index in [0.717, 1.165) is 50.7 Å². The molecule has 150 valence electrons. The Kier molecular flexibility index (Phi) is 6.84. The minimum Gasteiger partial charge on any atom is -0.333 e. The molecular formula is C21H23N5S3. The van der Waals surface area contributed by atoms with Crippen molar-refractivity contribution in [1.82, 2.24) is 24.5 Å². The van der Waals surface area contributed by atoms with Crippen molar-refractivity contribution in [3.63, 3.8) is 0 Å². The van der Waals surface area contributed by atoms with Crippen LogP contribution in [0.1, 0.15) is 17.7 Å². The Balaban J connectivity index is 1.29. The number of fused-ring (bicyclic) bond motifs is 1. The number of aromatic amines is 1. The first kappa shape index (κ1) is 20.4. The molecule has 0 saturated carbocycles. The van der Waals surface area contributed by atoms with E-state index in [-0.39, 0.29) is 0 Å². The van der Waals surface area contributed by atoms with Gasteiger partial charge in [-0.1, -0.05) is 35.7 Å². The molecule has 0 fully saturated rings. The van der Waals surface area contributed by atoms with Gasteiger partial charge in [0.1, 0.15) is 0 Å². The average Bonchev–Trinajstić information content (AvgIpc) is 3.33. The number of thioether (sulfide) groups is 3. The van der Waals surface area contributed by atoms with E-state index < -0.39 is 0 Å². The Labute approximate surface area is 183 Å². The molecule has 0 radical (unpaired) electrons. The second-order valence-corrected chi connectivity index (χ2v) is 9.76. The Morgan fingerprint density at radius 2 is 1.86 bits per heavy atom. The maximum absolute atomic E-state index is 4.64. The lowest BCUT2D eigenvalue weighted by atomic mass is 10.2. The zero-order valence-electron chi connectivity index (χ0n) is 16.5. The number of nitrogens with zero attached hydrogens (tertiary/aromatic N) is 4. The summed E-state index contributed by atoms with van der Waals surface area (Å²) >= 11 is 5.43. The van der Waals surface area contributed by atoms with E-state index >= 15 is 0 Å². The molecule has 0 unspecified atom stereocenters. The summed E-state index contributed by atoms with van der Waals surface area (Å²) in [6.07, 6.45) is 6.91. The summed E-state index contributed by atoms with van der Waals surface area (Å²) in [5, 5.41) is 2.02. The number of rotatable bonds is 9. The third-order valence-electron chi connectivity index (χ3n) is 4.53. The van der Waals surface area contributed by atoms with E-state index in [4.69, 9.17) is 0 Å². The van der Waals surface area contributed by atoms with Crippen molar-refractivity contribution < 1.29 is 0 Å². The molecule has 1 N–H and O–H groups in total. The average molecular weight is 442 g/mol. The standard InChI is InChI=1S/C21H23N5S3/c1-15-18(14-29-20-24-16-6-3-4-7-17(16)25-20)22-9-8-19(15)27-12-5-13-28-21-23-10-11-26(21)2/h3-4,6-11H,5,12-14H2,1-2H3,(H,24,25). The van der Waals surface area contributed by atoms with E-state index in [9.17, 15) is 0 Å². The number of hydrogen-bond acceptors (Lipinski definition) is 6. The van der Waals surface area contributed by atoms with Gasteiger partial charge in [0.05, 0.1) is 16.7 Å². The highest BCUT2D eigenvalue weighted by Crippen LogP contribution is 2.29. The monoisotopic (exact) mass is 441 g/mol. The number of pyridine rings is 1. The number of imidazole rings is 2. The fourth-order valence-corrected chi connectivity index (χ4v) is 5.85. The number of hydrogen-bond donors (Lipinski definition) is 1. The van der Waals surface area contributed by atoms with Gasteiger partial charge in [0.15, 0.2) is 10.3 Å². The maximum Gasteiger partial charge on any atom is 0.167 e. The third-order valence-corrected chi connectivity index (χ3v) is 7.80. The molecule has 0 saturated heterocycles. The molecule has 8 heteroatoms. The molecule has 0 aliphatic carbocycles. The summed E-state index contributed by atoms with van der Waals surface area (Å²) in [5.74, 6) is 2.99. The molecule has 0 bridgehead atoms. The summed E-state index contributed by atoms with van der Waals surface area (Å²) in [4.78, 5) is 18.3. The van der Waals surface area contributed by atoms with Crippen molar-refractivity contribution in [3.8, 4) is 0 Å². The first-order chi connectivity index (χ1) is 14.2. The lowest BCUT2D eigenvalue weighted by Crippen LogP contribution is -1.95. The number of aryl methyl sites for hydroxylation is 1. The summed E-state index contributed by atoms with van der Waals surface area (Å²) in [7, 11) is 2.04. The van der Waals surface area contributed by atoms with Gasteiger partial charge in [-0.3, -0.25) is 4.98 Å². The second-order valence-electron chi connectivity index (χ2n) is 6.60. The summed E-state index contributed by atoms with van der Waals surface area (Å²) < 4.78 is 2.07. The maximum atomic E-state index is 4.64. The lowest BCUT2D eigenvalue weighted by molar-refractivity contribution is 0.789. The summed E-state index contributed by atoms with van der Waals surface area (Å²) in [6, 6.07) is 10.2. The van der Waals surface area contributed by atoms with Gasteiger partial charge in [-0.05, 0) is 42.9 Å². The first-order valence-corrected chi connectivity index (χ1v) is 12.4. The summed E-state index contributed by atoms with van der Waals surface area (Å²) in [5.41, 5.74) is 4.49. The molecule has 0 aliphatic rings. The Morgan fingerprint density at radius 3 is 2.69 bits per heavy atom. The van der Waals surface area contributed by atoms with Gasteiger partial charge in [0.2, 0.25) is 0 Å². The van der Waals surface area contributed by atoms with E-state index in [0.29, 0.717) is 0 Å². The van der Waals surface area contributed by atoms with Gasteiger partial charge < -0.3 is 9.55 Å². The highest BCUT2D eigenvalue weighted by Gasteiger charge is 2.09. The van der Waals surface area contributed by atoms with E-state index in [1.165, 1.54) is 10.5 Å². The van der Waals surface area contributed by atoms with E-state index in [1.54, 1.807) is 11.8 Å². The lowest BCUT2D eigenvalue weighted by Gasteiger charge is -2.09. The van der Waals surface area contributed by atoms with Crippen molar-refractivity contribution in [3.05, 3.63) is 60.2 Å². The Hall–Kier alpha value is -1.90. The van der Waals surface area contributed by atoms with Crippen molar-refractivity contribution >= 4 is 46.3 Å². The normalized spacial score (nSPS) is 11.4. The number of benzene rings is 1. The Morgan fingerprint density at radius 1 is 1.00 bits per heavy atom. The highest BCUT2D eigenvalue weighted by molar-refractivity contribution is 8.00. The van der Waals surface area contributed by atoms with Gasteiger partial charge >= 0.3 is 0 Å². The van der Waals surface area contributed by atoms with E-state index in [1.807, 2.05) is 67.4 Å². The molecule has 1 aromatic carbocycles. The Bertz CT molecular complexity index is 1060. The van der Waals surface area contributed by atoms with Gasteiger partial charge in [-0.2, -0.15) is 0 Å². The van der Waals surface area contributed by atoms with Crippen LogP contribution in [0, 0.1) is 6.92 Å². The second kappa shape index (κ2) is 9.73. The fourth-order valence-electron chi connectivity index (χ4n) is 2.89. The van der Waals surface area contributed by atoms with Crippen LogP contribution < -0.4 is 0 Å². The molecule has 3 heterocycles. The molecule has 5 nitrogen and oxygen atoms in total. The molecule has 0 amide bonds. The third kappa shape index (κ3) is 5.18. The van der Waals surface area contributed by atoms with Crippen molar-refractivity contribution in [2.45, 2.75) is 34.3 Å². The minimum atomic E-state index is 0.815. The highest BCUT2D eigenvalue weighted by atomic mass is 32.2. The van der Waals surface area contributed by atoms with E-state index in [2.05, 4.69) is 43.6 Å². The first-order valence-electron chi connectivity index (χ1n) is 9.45. The zero-order chi connectivity index (χ0) is 20.1. The molecule has 0 aliphatic heterocycles. The van der Waals surface area contributed by atoms with Crippen LogP contribution >= 0.6 is 35.3 Å². The fraction of sp³-hybridized carbons (Fsp3) is 0.286. The SMILES string of the molecule is Cc1c(SCCCSc2nccn2C)ccnc1CSc1nc2ccccc2[nH]1. The van der Waals surface area contributed by atoms with Crippen molar-refractivity contribution in [2.24, 2.45) is 7.05 Å². The van der Waals surface area contributed by atoms with Crippen LogP contribution in [0.3, 0.4) is 0 Å². The van der Waals surface area contributed by atoms with Crippen molar-refractivity contribution in [1.29, 1.82) is 0 Å². The quantitative estimate of drug-likeness (QED) is 0.271. The van der Waals surface area contributed by atoms with Crippen LogP contribution in [-0.4, -0.2) is 36.0 Å². The van der Waals surface area contributed by atoms with Gasteiger partial charge in [0.25, 0.3) is 0 Å². The number of para-hydroxylation sites is 2. The van der Waals surface area contributed by atoms with Gasteiger partial charge in [0, 0.05) is 42.0 Å². The van der Waals surface area contributed by atoms with Crippen LogP contribution in [0.15, 0.2) is 64.1 Å². The molecule has 4 rings (SSSR count). The number of aromatic nitrogens is 5. The van der Waals surface area contributed by atoms with Crippen LogP contribution in [0.4, 0.5) is 0 Å². The molecule has 0 spiro atoms. The van der Waals surface area contributed by atoms with Gasteiger partial charge in [-0.15, -0.1) is 11.8 Å². The molecular weight excluding hydrogens is 418 g/mol. The van der Waals surface area contributed by atoms with Crippen LogP contribution in [-0.2, 0) is 12.8 Å². The predicted octanol–water partition coefficient (Wildman–Crippen LogP) is 5.57. The largest absolute Gasteiger partial charge is 0.333 e. The molecule has 4 aromatic rings. The molecule has 3 aromatic heterocycles. The minimum absolute atomic E-state index is 0.815. The zero-order valence-corrected chi connectivity index (χ0v) is 18.9. The van der Waals surface area contributed by atoms with Crippen molar-refractivity contribution in [2.75, 3.05) is 11.5 Å². The number of H-pyrrole nitrogens is 1. The van der Waals surface area contributed by atoms with Crippen LogP contribution in [0.25, 0.3) is 11.0 Å². The van der Waals surface area contributed by atoms with Crippen LogP contribution in [0.2, 0.25) is 0 Å². The predicted molar refractivity (Wildman–Crippen MR) is 124 cm³/mol. The van der Waals surface area contributed by atoms with Gasteiger partial charge in [-0.25, -0.2) is 9.97 Å². The molecule has 29 heavy (non-hydrogen) atoms. The number of nitrogens with one attached hydrogen (secondary N) is 1. The summed E-state index contributed by atoms with van der Waals surface area (Å²) in [6.45, 7) is 2.17. The smallest absolute Gasteiger partial charge is 0.167 e. The topological polar surface area (TPSA) is 59.4 Å².